The van der Waals surface area contributed by atoms with Gasteiger partial charge >= 0.3 is 0 Å². The normalized spacial score (nSPS) is 14.2. The van der Waals surface area contributed by atoms with Crippen LogP contribution in [0.4, 0.5) is 5.82 Å². The SMILES string of the molecule is CCc1ccc(CNC(=O)C2CCN(c3cc(Oc4cccc(C)c4C)ncn3)CC2)cc1. The van der Waals surface area contributed by atoms with Crippen molar-refractivity contribution in [1.82, 2.24) is 15.3 Å². The lowest BCUT2D eigenvalue weighted by Crippen LogP contribution is -2.40. The van der Waals surface area contributed by atoms with Crippen LogP contribution in [0.2, 0.25) is 0 Å². The van der Waals surface area contributed by atoms with E-state index in [4.69, 9.17) is 4.74 Å². The molecule has 33 heavy (non-hydrogen) atoms. The molecule has 2 aromatic carbocycles. The Balaban J connectivity index is 1.30. The third-order valence-electron chi connectivity index (χ3n) is 6.48. The summed E-state index contributed by atoms with van der Waals surface area (Å²) in [5.41, 5.74) is 4.73. The molecule has 0 bridgehead atoms. The summed E-state index contributed by atoms with van der Waals surface area (Å²) in [5.74, 6) is 2.33. The molecule has 4 rings (SSSR count). The first-order valence-corrected chi connectivity index (χ1v) is 11.7. The smallest absolute Gasteiger partial charge is 0.224 e. The molecule has 6 nitrogen and oxygen atoms in total. The average Bonchev–Trinajstić information content (AvgIpc) is 2.86. The van der Waals surface area contributed by atoms with Gasteiger partial charge in [0.2, 0.25) is 11.8 Å². The van der Waals surface area contributed by atoms with Gasteiger partial charge in [-0.25, -0.2) is 9.97 Å². The molecule has 1 amide bonds. The number of anilines is 1. The summed E-state index contributed by atoms with van der Waals surface area (Å²) in [6, 6.07) is 16.3. The summed E-state index contributed by atoms with van der Waals surface area (Å²) >= 11 is 0. The average molecular weight is 445 g/mol. The second-order valence-electron chi connectivity index (χ2n) is 8.66. The number of aryl methyl sites for hydroxylation is 2. The van der Waals surface area contributed by atoms with Crippen molar-refractivity contribution in [3.05, 3.63) is 77.1 Å². The van der Waals surface area contributed by atoms with Crippen molar-refractivity contribution in [3.63, 3.8) is 0 Å². The molecule has 0 spiro atoms. The Morgan fingerprint density at radius 2 is 1.79 bits per heavy atom. The fourth-order valence-corrected chi connectivity index (χ4v) is 4.10. The van der Waals surface area contributed by atoms with Gasteiger partial charge in [0.25, 0.3) is 0 Å². The Morgan fingerprint density at radius 3 is 2.52 bits per heavy atom. The largest absolute Gasteiger partial charge is 0.439 e. The van der Waals surface area contributed by atoms with Crippen LogP contribution in [0.15, 0.2) is 54.9 Å². The maximum atomic E-state index is 12.7. The van der Waals surface area contributed by atoms with E-state index in [9.17, 15) is 4.79 Å². The number of amides is 1. The van der Waals surface area contributed by atoms with E-state index in [1.165, 1.54) is 11.1 Å². The Labute approximate surface area is 196 Å². The number of hydrogen-bond acceptors (Lipinski definition) is 5. The van der Waals surface area contributed by atoms with Crippen molar-refractivity contribution in [2.24, 2.45) is 5.92 Å². The second-order valence-corrected chi connectivity index (χ2v) is 8.66. The zero-order chi connectivity index (χ0) is 23.2. The summed E-state index contributed by atoms with van der Waals surface area (Å²) in [5, 5.41) is 3.10. The Hall–Kier alpha value is -3.41. The van der Waals surface area contributed by atoms with E-state index < -0.39 is 0 Å². The van der Waals surface area contributed by atoms with Crippen LogP contribution in [0.3, 0.4) is 0 Å². The summed E-state index contributed by atoms with van der Waals surface area (Å²) in [6.45, 7) is 8.39. The second kappa shape index (κ2) is 10.5. The zero-order valence-electron chi connectivity index (χ0n) is 19.7. The number of nitrogens with zero attached hydrogens (tertiary/aromatic N) is 3. The van der Waals surface area contributed by atoms with Crippen molar-refractivity contribution in [3.8, 4) is 11.6 Å². The summed E-state index contributed by atoms with van der Waals surface area (Å²) in [4.78, 5) is 23.6. The van der Waals surface area contributed by atoms with Crippen LogP contribution in [0, 0.1) is 19.8 Å². The third kappa shape index (κ3) is 5.69. The number of hydrogen-bond donors (Lipinski definition) is 1. The highest BCUT2D eigenvalue weighted by Crippen LogP contribution is 2.28. The van der Waals surface area contributed by atoms with Crippen LogP contribution >= 0.6 is 0 Å². The van der Waals surface area contributed by atoms with Gasteiger partial charge in [0.15, 0.2) is 0 Å². The molecule has 0 unspecified atom stereocenters. The van der Waals surface area contributed by atoms with Crippen molar-refractivity contribution < 1.29 is 9.53 Å². The van der Waals surface area contributed by atoms with Gasteiger partial charge in [0, 0.05) is 31.6 Å². The molecule has 0 saturated carbocycles. The van der Waals surface area contributed by atoms with E-state index in [1.54, 1.807) is 6.33 Å². The Kier molecular flexibility index (Phi) is 7.23. The number of carbonyl (C=O) groups is 1. The van der Waals surface area contributed by atoms with Gasteiger partial charge in [0.05, 0.1) is 0 Å². The van der Waals surface area contributed by atoms with E-state index >= 15 is 0 Å². The lowest BCUT2D eigenvalue weighted by Gasteiger charge is -2.32. The first-order chi connectivity index (χ1) is 16.0. The van der Waals surface area contributed by atoms with E-state index in [1.807, 2.05) is 25.1 Å². The molecule has 0 radical (unpaired) electrons. The molecule has 1 aliphatic heterocycles. The highest BCUT2D eigenvalue weighted by molar-refractivity contribution is 5.79. The molecule has 3 aromatic rings. The van der Waals surface area contributed by atoms with Crippen LogP contribution in [0.1, 0.15) is 42.0 Å². The van der Waals surface area contributed by atoms with E-state index in [0.29, 0.717) is 12.4 Å². The molecule has 1 aliphatic rings. The molecule has 1 saturated heterocycles. The number of piperidine rings is 1. The predicted molar refractivity (Wildman–Crippen MR) is 131 cm³/mol. The Morgan fingerprint density at radius 1 is 1.06 bits per heavy atom. The lowest BCUT2D eigenvalue weighted by atomic mass is 9.96. The number of nitrogens with one attached hydrogen (secondary N) is 1. The number of aromatic nitrogens is 2. The van der Waals surface area contributed by atoms with Gasteiger partial charge in [-0.3, -0.25) is 4.79 Å². The van der Waals surface area contributed by atoms with Crippen molar-refractivity contribution in [2.75, 3.05) is 18.0 Å². The molecule has 0 atom stereocenters. The summed E-state index contributed by atoms with van der Waals surface area (Å²) < 4.78 is 6.03. The summed E-state index contributed by atoms with van der Waals surface area (Å²) in [7, 11) is 0. The maximum Gasteiger partial charge on any atom is 0.224 e. The lowest BCUT2D eigenvalue weighted by molar-refractivity contribution is -0.125. The van der Waals surface area contributed by atoms with E-state index in [-0.39, 0.29) is 11.8 Å². The Bertz CT molecular complexity index is 1090. The van der Waals surface area contributed by atoms with Gasteiger partial charge in [0.1, 0.15) is 17.9 Å². The van der Waals surface area contributed by atoms with Crippen LogP contribution in [-0.4, -0.2) is 29.0 Å². The number of carbonyl (C=O) groups excluding carboxylic acids is 1. The maximum absolute atomic E-state index is 12.7. The quantitative estimate of drug-likeness (QED) is 0.557. The molecule has 6 heteroatoms. The van der Waals surface area contributed by atoms with Crippen LogP contribution in [0.5, 0.6) is 11.6 Å². The van der Waals surface area contributed by atoms with Gasteiger partial charge in [-0.2, -0.15) is 0 Å². The van der Waals surface area contributed by atoms with Gasteiger partial charge in [-0.15, -0.1) is 0 Å². The molecule has 0 aliphatic carbocycles. The van der Waals surface area contributed by atoms with Gasteiger partial charge in [-0.1, -0.05) is 43.3 Å². The standard InChI is InChI=1S/C27H32N4O2/c1-4-21-8-10-22(11-9-21)17-28-27(32)23-12-14-31(15-13-23)25-16-26(30-18-29-25)33-24-7-5-6-19(2)20(24)3/h5-11,16,18,23H,4,12-15,17H2,1-3H3,(H,28,32). The predicted octanol–water partition coefficient (Wildman–Crippen LogP) is 4.98. The van der Waals surface area contributed by atoms with Crippen LogP contribution in [0.25, 0.3) is 0 Å². The number of benzene rings is 2. The topological polar surface area (TPSA) is 67.4 Å². The molecular weight excluding hydrogens is 412 g/mol. The zero-order valence-corrected chi connectivity index (χ0v) is 19.7. The van der Waals surface area contributed by atoms with E-state index in [0.717, 1.165) is 55.0 Å². The summed E-state index contributed by atoms with van der Waals surface area (Å²) in [6.07, 6.45) is 4.17. The number of rotatable bonds is 7. The van der Waals surface area contributed by atoms with E-state index in [2.05, 4.69) is 64.4 Å². The molecule has 1 fully saturated rings. The van der Waals surface area contributed by atoms with Crippen molar-refractivity contribution in [1.29, 1.82) is 0 Å². The number of ether oxygens (including phenoxy) is 1. The minimum Gasteiger partial charge on any atom is -0.439 e. The minimum absolute atomic E-state index is 0.0312. The van der Waals surface area contributed by atoms with Gasteiger partial charge < -0.3 is 15.0 Å². The minimum atomic E-state index is 0.0312. The molecule has 1 aromatic heterocycles. The fraction of sp³-hybridized carbons (Fsp3) is 0.370. The monoisotopic (exact) mass is 444 g/mol. The van der Waals surface area contributed by atoms with Crippen molar-refractivity contribution >= 4 is 11.7 Å². The fourth-order valence-electron chi connectivity index (χ4n) is 4.10. The first kappa shape index (κ1) is 22.8. The van der Waals surface area contributed by atoms with Crippen LogP contribution < -0.4 is 15.0 Å². The van der Waals surface area contributed by atoms with Gasteiger partial charge in [-0.05, 0) is 61.4 Å². The molecule has 2 heterocycles. The first-order valence-electron chi connectivity index (χ1n) is 11.7. The molecule has 1 N–H and O–H groups in total. The van der Waals surface area contributed by atoms with Crippen molar-refractivity contribution in [2.45, 2.75) is 46.6 Å². The molecule has 172 valence electrons. The molecular formula is C27H32N4O2. The highest BCUT2D eigenvalue weighted by Gasteiger charge is 2.25. The third-order valence-corrected chi connectivity index (χ3v) is 6.48. The van der Waals surface area contributed by atoms with Crippen LogP contribution in [-0.2, 0) is 17.8 Å². The highest BCUT2D eigenvalue weighted by atomic mass is 16.5.